The zero-order valence-electron chi connectivity index (χ0n) is 19.5. The molecular weight excluding hydrogens is 366 g/mol. The molecule has 0 bridgehead atoms. The molecule has 0 fully saturated rings. The van der Waals surface area contributed by atoms with E-state index in [2.05, 4.69) is 50.8 Å². The Balaban J connectivity index is 2.66. The highest BCUT2D eigenvalue weighted by Gasteiger charge is 2.14. The molecule has 0 aliphatic rings. The Hall–Kier alpha value is -2.86. The summed E-state index contributed by atoms with van der Waals surface area (Å²) < 4.78 is 0. The first-order valence-corrected chi connectivity index (χ1v) is 10.9. The normalized spacial score (nSPS) is 11.3. The smallest absolute Gasteiger partial charge is 0.136 e. The summed E-state index contributed by atoms with van der Waals surface area (Å²) in [4.78, 5) is 7.17. The van der Waals surface area contributed by atoms with E-state index in [1.54, 1.807) is 0 Å². The van der Waals surface area contributed by atoms with E-state index in [1.165, 1.54) is 30.4 Å². The minimum absolute atomic E-state index is 0.745. The number of nitrogens with zero attached hydrogens (tertiary/aromatic N) is 3. The summed E-state index contributed by atoms with van der Waals surface area (Å²) in [5.74, 6) is 0.890. The molecule has 30 heavy (non-hydrogen) atoms. The fourth-order valence-electron chi connectivity index (χ4n) is 3.87. The lowest BCUT2D eigenvalue weighted by molar-refractivity contribution is 0.624. The van der Waals surface area contributed by atoms with E-state index in [4.69, 9.17) is 4.99 Å². The van der Waals surface area contributed by atoms with E-state index in [-0.39, 0.29) is 0 Å². The number of hydrogen-bond acceptors (Lipinski definition) is 2. The lowest BCUT2D eigenvalue weighted by Gasteiger charge is -2.19. The summed E-state index contributed by atoms with van der Waals surface area (Å²) in [5, 5.41) is 9.42. The summed E-state index contributed by atoms with van der Waals surface area (Å²) in [5.41, 5.74) is 8.47. The van der Waals surface area contributed by atoms with Gasteiger partial charge in [-0.2, -0.15) is 5.26 Å². The number of aliphatic imine (C=N–C) groups is 1. The van der Waals surface area contributed by atoms with Crippen molar-refractivity contribution >= 4 is 17.6 Å². The Morgan fingerprint density at radius 2 is 1.77 bits per heavy atom. The van der Waals surface area contributed by atoms with Gasteiger partial charge in [-0.15, -0.1) is 0 Å². The van der Waals surface area contributed by atoms with E-state index in [0.29, 0.717) is 0 Å². The zero-order valence-corrected chi connectivity index (χ0v) is 19.5. The Kier molecular flexibility index (Phi) is 8.42. The van der Waals surface area contributed by atoms with Crippen molar-refractivity contribution in [1.82, 2.24) is 4.90 Å². The number of aryl methyl sites for hydroxylation is 4. The molecule has 0 aliphatic heterocycles. The van der Waals surface area contributed by atoms with Crippen LogP contribution in [0.25, 0.3) is 6.08 Å². The molecule has 0 amide bonds. The van der Waals surface area contributed by atoms with Crippen molar-refractivity contribution in [3.8, 4) is 6.07 Å². The minimum Gasteiger partial charge on any atom is -0.362 e. The Labute approximate surface area is 182 Å². The topological polar surface area (TPSA) is 39.4 Å². The van der Waals surface area contributed by atoms with Gasteiger partial charge in [0, 0.05) is 25.2 Å². The fraction of sp³-hybridized carbons (Fsp3) is 0.407. The first kappa shape index (κ1) is 23.4. The molecule has 0 saturated heterocycles. The Morgan fingerprint density at radius 1 is 1.10 bits per heavy atom. The maximum Gasteiger partial charge on any atom is 0.136 e. The van der Waals surface area contributed by atoms with Crippen LogP contribution in [0, 0.1) is 25.2 Å². The Morgan fingerprint density at radius 3 is 2.27 bits per heavy atom. The first-order chi connectivity index (χ1) is 14.4. The third-order valence-electron chi connectivity index (χ3n) is 5.52. The molecule has 0 atom stereocenters. The van der Waals surface area contributed by atoms with Crippen molar-refractivity contribution in [2.24, 2.45) is 4.99 Å². The average Bonchev–Trinajstić information content (AvgIpc) is 2.71. The first-order valence-electron chi connectivity index (χ1n) is 10.9. The van der Waals surface area contributed by atoms with Crippen LogP contribution < -0.4 is 0 Å². The molecule has 3 heteroatoms. The third kappa shape index (κ3) is 5.39. The SMILES string of the molecule is C=Cc1c(CCCCC)cc(CC)cc1N=C(c1cc(C)c(C#N)c(C)c1)N(C)C. The maximum atomic E-state index is 9.42. The summed E-state index contributed by atoms with van der Waals surface area (Å²) >= 11 is 0. The van der Waals surface area contributed by atoms with Crippen molar-refractivity contribution in [3.63, 3.8) is 0 Å². The lowest BCUT2D eigenvalue weighted by atomic mass is 9.95. The molecular formula is C27H35N3. The number of unbranched alkanes of at least 4 members (excludes halogenated alkanes) is 2. The molecule has 2 rings (SSSR count). The summed E-state index contributed by atoms with van der Waals surface area (Å²) in [6, 6.07) is 10.9. The van der Waals surface area contributed by atoms with E-state index in [9.17, 15) is 5.26 Å². The van der Waals surface area contributed by atoms with Crippen molar-refractivity contribution in [2.45, 2.75) is 59.8 Å². The van der Waals surface area contributed by atoms with Gasteiger partial charge in [0.05, 0.1) is 17.3 Å². The monoisotopic (exact) mass is 401 g/mol. The molecule has 0 saturated carbocycles. The summed E-state index contributed by atoms with van der Waals surface area (Å²) in [6.07, 6.45) is 7.61. The molecule has 0 aliphatic carbocycles. The van der Waals surface area contributed by atoms with Crippen LogP contribution >= 0.6 is 0 Å². The molecule has 0 radical (unpaired) electrons. The number of nitriles is 1. The molecule has 0 heterocycles. The molecule has 3 nitrogen and oxygen atoms in total. The van der Waals surface area contributed by atoms with Gasteiger partial charge in [-0.05, 0) is 73.6 Å². The van der Waals surface area contributed by atoms with Gasteiger partial charge in [0.1, 0.15) is 5.84 Å². The van der Waals surface area contributed by atoms with E-state index in [1.807, 2.05) is 38.9 Å². The molecule has 158 valence electrons. The van der Waals surface area contributed by atoms with Gasteiger partial charge in [0.2, 0.25) is 0 Å². The summed E-state index contributed by atoms with van der Waals surface area (Å²) in [6.45, 7) is 12.5. The van der Waals surface area contributed by atoms with Crippen LogP contribution in [0.2, 0.25) is 0 Å². The Bertz CT molecular complexity index is 951. The van der Waals surface area contributed by atoms with Gasteiger partial charge in [-0.3, -0.25) is 0 Å². The quantitative estimate of drug-likeness (QED) is 0.279. The standard InChI is InChI=1S/C27H35N3/c1-8-11-12-13-22-16-21(9-2)17-26(24(22)10-3)29-27(30(6)7)23-14-19(4)25(18-28)20(5)15-23/h10,14-17H,3,8-9,11-13H2,1-2,4-7H3. The van der Waals surface area contributed by atoms with Crippen LogP contribution in [0.4, 0.5) is 5.69 Å². The van der Waals surface area contributed by atoms with Gasteiger partial charge in [-0.25, -0.2) is 4.99 Å². The third-order valence-corrected chi connectivity index (χ3v) is 5.52. The number of rotatable bonds is 8. The van der Waals surface area contributed by atoms with Crippen LogP contribution in [0.1, 0.15) is 72.1 Å². The maximum absolute atomic E-state index is 9.42. The van der Waals surface area contributed by atoms with E-state index < -0.39 is 0 Å². The molecule has 0 spiro atoms. The fourth-order valence-corrected chi connectivity index (χ4v) is 3.87. The van der Waals surface area contributed by atoms with Crippen molar-refractivity contribution < 1.29 is 0 Å². The van der Waals surface area contributed by atoms with Gasteiger partial charge in [0.15, 0.2) is 0 Å². The van der Waals surface area contributed by atoms with Gasteiger partial charge in [-0.1, -0.05) is 45.4 Å². The van der Waals surface area contributed by atoms with Crippen LogP contribution in [-0.2, 0) is 12.8 Å². The lowest BCUT2D eigenvalue weighted by Crippen LogP contribution is -2.23. The molecule has 0 aromatic heterocycles. The molecule has 2 aromatic carbocycles. The molecule has 0 unspecified atom stereocenters. The predicted molar refractivity (Wildman–Crippen MR) is 130 cm³/mol. The zero-order chi connectivity index (χ0) is 22.3. The second-order valence-corrected chi connectivity index (χ2v) is 8.13. The molecule has 0 N–H and O–H groups in total. The van der Waals surface area contributed by atoms with E-state index >= 15 is 0 Å². The van der Waals surface area contributed by atoms with Gasteiger partial charge >= 0.3 is 0 Å². The van der Waals surface area contributed by atoms with Crippen LogP contribution in [0.5, 0.6) is 0 Å². The predicted octanol–water partition coefficient (Wildman–Crippen LogP) is 6.75. The highest BCUT2D eigenvalue weighted by atomic mass is 15.1. The number of amidine groups is 1. The second kappa shape index (κ2) is 10.8. The van der Waals surface area contributed by atoms with E-state index in [0.717, 1.165) is 52.2 Å². The van der Waals surface area contributed by atoms with Crippen molar-refractivity contribution in [1.29, 1.82) is 5.26 Å². The number of hydrogen-bond donors (Lipinski definition) is 0. The van der Waals surface area contributed by atoms with Crippen molar-refractivity contribution in [2.75, 3.05) is 14.1 Å². The van der Waals surface area contributed by atoms with Gasteiger partial charge < -0.3 is 4.90 Å². The average molecular weight is 402 g/mol. The highest BCUT2D eigenvalue weighted by molar-refractivity contribution is 6.01. The summed E-state index contributed by atoms with van der Waals surface area (Å²) in [7, 11) is 4.03. The van der Waals surface area contributed by atoms with Crippen LogP contribution in [-0.4, -0.2) is 24.8 Å². The second-order valence-electron chi connectivity index (χ2n) is 8.13. The van der Waals surface area contributed by atoms with Crippen molar-refractivity contribution in [3.05, 3.63) is 69.8 Å². The number of benzene rings is 2. The largest absolute Gasteiger partial charge is 0.362 e. The van der Waals surface area contributed by atoms with Gasteiger partial charge in [0.25, 0.3) is 0 Å². The molecule has 2 aromatic rings. The van der Waals surface area contributed by atoms with Crippen LogP contribution in [0.15, 0.2) is 35.8 Å². The minimum atomic E-state index is 0.745. The highest BCUT2D eigenvalue weighted by Crippen LogP contribution is 2.30. The van der Waals surface area contributed by atoms with Crippen LogP contribution in [0.3, 0.4) is 0 Å².